The molecule has 0 saturated heterocycles. The Morgan fingerprint density at radius 1 is 1.56 bits per heavy atom. The van der Waals surface area contributed by atoms with Crippen molar-refractivity contribution in [2.75, 3.05) is 11.4 Å². The van der Waals surface area contributed by atoms with Gasteiger partial charge in [-0.25, -0.2) is 4.98 Å². The van der Waals surface area contributed by atoms with Gasteiger partial charge in [0.25, 0.3) is 5.91 Å². The first-order chi connectivity index (χ1) is 8.49. The number of halogens is 1. The highest BCUT2D eigenvalue weighted by atomic mass is 79.9. The van der Waals surface area contributed by atoms with E-state index in [1.54, 1.807) is 18.0 Å². The van der Waals surface area contributed by atoms with Crippen molar-refractivity contribution in [3.63, 3.8) is 0 Å². The number of hydrogen-bond acceptors (Lipinski definition) is 3. The Labute approximate surface area is 115 Å². The molecule has 0 fully saturated rings. The maximum absolute atomic E-state index is 12.1. The van der Waals surface area contributed by atoms with Gasteiger partial charge in [-0.05, 0) is 41.3 Å². The van der Waals surface area contributed by atoms with Crippen LogP contribution in [0.2, 0.25) is 0 Å². The van der Waals surface area contributed by atoms with E-state index in [1.165, 1.54) is 0 Å². The van der Waals surface area contributed by atoms with Gasteiger partial charge in [-0.15, -0.1) is 0 Å². The lowest BCUT2D eigenvalue weighted by Gasteiger charge is -2.32. The number of ether oxygens (including phenoxy) is 1. The van der Waals surface area contributed by atoms with Gasteiger partial charge in [0.15, 0.2) is 17.7 Å². The maximum Gasteiger partial charge on any atom is 0.269 e. The summed E-state index contributed by atoms with van der Waals surface area (Å²) >= 11 is 3.36. The number of nitrogens with zero attached hydrogens (tertiary/aromatic N) is 2. The summed E-state index contributed by atoms with van der Waals surface area (Å²) < 4.78 is 6.43. The molecule has 18 heavy (non-hydrogen) atoms. The van der Waals surface area contributed by atoms with Gasteiger partial charge in [0.1, 0.15) is 0 Å². The second-order valence-corrected chi connectivity index (χ2v) is 5.82. The second kappa shape index (κ2) is 5.26. The van der Waals surface area contributed by atoms with Gasteiger partial charge < -0.3 is 4.74 Å². The molecule has 1 atom stereocenters. The number of carbonyl (C=O) groups excluding carboxylic acids is 1. The van der Waals surface area contributed by atoms with Crippen molar-refractivity contribution in [1.82, 2.24) is 4.98 Å². The number of aromatic nitrogens is 1. The third-order valence-electron chi connectivity index (χ3n) is 2.90. The molecule has 0 radical (unpaired) electrons. The van der Waals surface area contributed by atoms with Crippen LogP contribution in [0, 0.1) is 5.92 Å². The topological polar surface area (TPSA) is 42.4 Å². The van der Waals surface area contributed by atoms with Gasteiger partial charge >= 0.3 is 0 Å². The van der Waals surface area contributed by atoms with E-state index in [0.29, 0.717) is 24.0 Å². The number of pyridine rings is 1. The number of amides is 1. The second-order valence-electron chi connectivity index (χ2n) is 4.91. The van der Waals surface area contributed by atoms with Crippen LogP contribution in [0.15, 0.2) is 16.7 Å². The summed E-state index contributed by atoms with van der Waals surface area (Å²) in [6.07, 6.45) is 2.20. The Bertz CT molecular complexity index is 462. The van der Waals surface area contributed by atoms with Crippen LogP contribution in [0.25, 0.3) is 0 Å². The molecule has 1 amide bonds. The smallest absolute Gasteiger partial charge is 0.269 e. The summed E-state index contributed by atoms with van der Waals surface area (Å²) in [7, 11) is 0. The summed E-state index contributed by atoms with van der Waals surface area (Å²) in [5.41, 5.74) is 0. The Balaban J connectivity index is 2.30. The van der Waals surface area contributed by atoms with E-state index in [4.69, 9.17) is 4.74 Å². The zero-order valence-electron chi connectivity index (χ0n) is 10.8. The molecule has 1 aromatic rings. The standard InChI is InChI=1S/C13H17BrN2O2/c1-8(2)4-5-16-12-11(6-10(14)7-15-12)18-9(3)13(16)17/h6-9H,4-5H2,1-3H3. The predicted octanol–water partition coefficient (Wildman–Crippen LogP) is 3.00. The van der Waals surface area contributed by atoms with Crippen molar-refractivity contribution in [2.24, 2.45) is 5.92 Å². The minimum Gasteiger partial charge on any atom is -0.477 e. The molecule has 0 N–H and O–H groups in total. The Morgan fingerprint density at radius 3 is 2.94 bits per heavy atom. The Hall–Kier alpha value is -1.10. The average molecular weight is 313 g/mol. The summed E-state index contributed by atoms with van der Waals surface area (Å²) in [6.45, 7) is 6.74. The van der Waals surface area contributed by atoms with Crippen LogP contribution >= 0.6 is 15.9 Å². The van der Waals surface area contributed by atoms with Crippen molar-refractivity contribution >= 4 is 27.7 Å². The molecule has 5 heteroatoms. The highest BCUT2D eigenvalue weighted by Crippen LogP contribution is 2.34. The SMILES string of the molecule is CC(C)CCN1C(=O)C(C)Oc2cc(Br)cnc21. The summed E-state index contributed by atoms with van der Waals surface area (Å²) in [5, 5.41) is 0. The monoisotopic (exact) mass is 312 g/mol. The predicted molar refractivity (Wildman–Crippen MR) is 73.8 cm³/mol. The largest absolute Gasteiger partial charge is 0.477 e. The van der Waals surface area contributed by atoms with Gasteiger partial charge in [-0.2, -0.15) is 0 Å². The number of anilines is 1. The van der Waals surface area contributed by atoms with Crippen LogP contribution < -0.4 is 9.64 Å². The summed E-state index contributed by atoms with van der Waals surface area (Å²) in [5.74, 6) is 1.83. The summed E-state index contributed by atoms with van der Waals surface area (Å²) in [6, 6.07) is 1.85. The summed E-state index contributed by atoms with van der Waals surface area (Å²) in [4.78, 5) is 18.2. The minimum atomic E-state index is -0.444. The quantitative estimate of drug-likeness (QED) is 0.861. The van der Waals surface area contributed by atoms with E-state index in [2.05, 4.69) is 34.8 Å². The Kier molecular flexibility index (Phi) is 3.90. The maximum atomic E-state index is 12.1. The van der Waals surface area contributed by atoms with Crippen LogP contribution in [0.3, 0.4) is 0 Å². The highest BCUT2D eigenvalue weighted by Gasteiger charge is 2.32. The van der Waals surface area contributed by atoms with Crippen molar-refractivity contribution < 1.29 is 9.53 Å². The lowest BCUT2D eigenvalue weighted by atomic mass is 10.1. The fraction of sp³-hybridized carbons (Fsp3) is 0.538. The van der Waals surface area contributed by atoms with E-state index in [9.17, 15) is 4.79 Å². The van der Waals surface area contributed by atoms with E-state index < -0.39 is 6.10 Å². The fourth-order valence-electron chi connectivity index (χ4n) is 1.87. The number of hydrogen-bond donors (Lipinski definition) is 0. The first-order valence-electron chi connectivity index (χ1n) is 6.12. The first-order valence-corrected chi connectivity index (χ1v) is 6.92. The molecule has 0 saturated carbocycles. The molecule has 0 bridgehead atoms. The van der Waals surface area contributed by atoms with Crippen LogP contribution in [-0.4, -0.2) is 23.5 Å². The van der Waals surface area contributed by atoms with E-state index in [-0.39, 0.29) is 5.91 Å². The van der Waals surface area contributed by atoms with E-state index in [1.807, 2.05) is 6.07 Å². The lowest BCUT2D eigenvalue weighted by molar-refractivity contribution is -0.125. The molecule has 0 aliphatic carbocycles. The normalized spacial score (nSPS) is 18.8. The van der Waals surface area contributed by atoms with Gasteiger partial charge in [-0.3, -0.25) is 9.69 Å². The van der Waals surface area contributed by atoms with Crippen LogP contribution in [-0.2, 0) is 4.79 Å². The van der Waals surface area contributed by atoms with Crippen LogP contribution in [0.4, 0.5) is 5.82 Å². The number of fused-ring (bicyclic) bond motifs is 1. The molecule has 0 spiro atoms. The zero-order valence-corrected chi connectivity index (χ0v) is 12.4. The molecule has 2 heterocycles. The molecule has 98 valence electrons. The third-order valence-corrected chi connectivity index (χ3v) is 3.34. The van der Waals surface area contributed by atoms with Gasteiger partial charge in [-0.1, -0.05) is 13.8 Å². The molecular formula is C13H17BrN2O2. The lowest BCUT2D eigenvalue weighted by Crippen LogP contribution is -2.45. The average Bonchev–Trinajstić information content (AvgIpc) is 2.29. The highest BCUT2D eigenvalue weighted by molar-refractivity contribution is 9.10. The molecule has 1 aromatic heterocycles. The molecule has 1 unspecified atom stereocenters. The molecule has 4 nitrogen and oxygen atoms in total. The minimum absolute atomic E-state index is 0.0158. The van der Waals surface area contributed by atoms with Crippen molar-refractivity contribution in [3.8, 4) is 5.75 Å². The number of rotatable bonds is 3. The van der Waals surface area contributed by atoms with Gasteiger partial charge in [0.05, 0.1) is 0 Å². The van der Waals surface area contributed by atoms with Gasteiger partial charge in [0, 0.05) is 17.2 Å². The van der Waals surface area contributed by atoms with E-state index >= 15 is 0 Å². The number of carbonyl (C=O) groups is 1. The molecule has 1 aliphatic heterocycles. The molecular weight excluding hydrogens is 296 g/mol. The van der Waals surface area contributed by atoms with E-state index in [0.717, 1.165) is 10.9 Å². The third kappa shape index (κ3) is 2.66. The zero-order chi connectivity index (χ0) is 13.3. The first kappa shape index (κ1) is 13.3. The van der Waals surface area contributed by atoms with Gasteiger partial charge in [0.2, 0.25) is 0 Å². The van der Waals surface area contributed by atoms with Crippen molar-refractivity contribution in [2.45, 2.75) is 33.3 Å². The van der Waals surface area contributed by atoms with Crippen molar-refractivity contribution in [1.29, 1.82) is 0 Å². The van der Waals surface area contributed by atoms with Crippen molar-refractivity contribution in [3.05, 3.63) is 16.7 Å². The Morgan fingerprint density at radius 2 is 2.28 bits per heavy atom. The molecule has 1 aliphatic rings. The fourth-order valence-corrected chi connectivity index (χ4v) is 2.18. The van der Waals surface area contributed by atoms with Crippen LogP contribution in [0.5, 0.6) is 5.75 Å². The van der Waals surface area contributed by atoms with Crippen LogP contribution in [0.1, 0.15) is 27.2 Å². The molecule has 0 aromatic carbocycles. The molecule has 2 rings (SSSR count).